The highest BCUT2D eigenvalue weighted by Gasteiger charge is 2.20. The van der Waals surface area contributed by atoms with Gasteiger partial charge in [-0.3, -0.25) is 4.79 Å². The summed E-state index contributed by atoms with van der Waals surface area (Å²) in [4.78, 5) is 14.4. The van der Waals surface area contributed by atoms with Gasteiger partial charge < -0.3 is 14.9 Å². The molecule has 0 atom stereocenters. The van der Waals surface area contributed by atoms with Crippen molar-refractivity contribution in [1.29, 1.82) is 5.26 Å². The highest BCUT2D eigenvalue weighted by atomic mass is 35.5. The quantitative estimate of drug-likeness (QED) is 0.339. The first-order valence-electron chi connectivity index (χ1n) is 8.07. The van der Waals surface area contributed by atoms with Crippen LogP contribution in [0.4, 0.5) is 5.69 Å². The minimum absolute atomic E-state index is 0.196. The van der Waals surface area contributed by atoms with Gasteiger partial charge in [0.1, 0.15) is 11.8 Å². The predicted molar refractivity (Wildman–Crippen MR) is 107 cm³/mol. The van der Waals surface area contributed by atoms with Gasteiger partial charge in [-0.1, -0.05) is 28.5 Å². The van der Waals surface area contributed by atoms with E-state index in [2.05, 4.69) is 10.5 Å². The molecule has 2 aromatic carbocycles. The second-order valence-corrected chi connectivity index (χ2v) is 7.25. The van der Waals surface area contributed by atoms with Gasteiger partial charge in [-0.05, 0) is 55.5 Å². The lowest BCUT2D eigenvalue weighted by atomic mass is 10.1. The lowest BCUT2D eigenvalue weighted by molar-refractivity contribution is -0.112. The molecule has 3 rings (SSSR count). The summed E-state index contributed by atoms with van der Waals surface area (Å²) in [6.45, 7) is 1.57. The summed E-state index contributed by atoms with van der Waals surface area (Å²) in [5.41, 5.74) is 0.264. The van der Waals surface area contributed by atoms with Crippen molar-refractivity contribution in [2.45, 2.75) is 16.7 Å². The molecule has 28 heavy (non-hydrogen) atoms. The van der Waals surface area contributed by atoms with E-state index in [4.69, 9.17) is 16.1 Å². The molecule has 0 radical (unpaired) electrons. The van der Waals surface area contributed by atoms with Crippen LogP contribution in [0.3, 0.4) is 0 Å². The number of aromatic nitrogens is 1. The molecular weight excluding hydrogens is 398 g/mol. The number of aryl methyl sites for hydroxylation is 1. The lowest BCUT2D eigenvalue weighted by Crippen LogP contribution is -2.15. The van der Waals surface area contributed by atoms with Gasteiger partial charge in [-0.25, -0.2) is 0 Å². The Morgan fingerprint density at radius 1 is 1.18 bits per heavy atom. The first-order chi connectivity index (χ1) is 13.5. The Balaban J connectivity index is 1.72. The molecular formula is C20H14ClN3O3S. The zero-order chi connectivity index (χ0) is 20.1. The minimum Gasteiger partial charge on any atom is -0.506 e. The van der Waals surface area contributed by atoms with Crippen molar-refractivity contribution < 1.29 is 14.4 Å². The van der Waals surface area contributed by atoms with E-state index in [0.29, 0.717) is 16.5 Å². The molecule has 0 aliphatic carbocycles. The highest BCUT2D eigenvalue weighted by Crippen LogP contribution is 2.29. The van der Waals surface area contributed by atoms with E-state index in [1.165, 1.54) is 6.20 Å². The highest BCUT2D eigenvalue weighted by molar-refractivity contribution is 7.99. The number of halogens is 1. The van der Waals surface area contributed by atoms with E-state index >= 15 is 0 Å². The SMILES string of the molecule is Cc1oncc1C(O)=C(C#N)C(=O)Nc1ccc(Sc2ccc(Cl)cc2)cc1. The number of amides is 1. The van der Waals surface area contributed by atoms with Crippen molar-refractivity contribution in [3.05, 3.63) is 76.6 Å². The summed E-state index contributed by atoms with van der Waals surface area (Å²) in [6.07, 6.45) is 1.25. The number of hydrogen-bond acceptors (Lipinski definition) is 6. The summed E-state index contributed by atoms with van der Waals surface area (Å²) in [6, 6.07) is 16.3. The molecule has 140 valence electrons. The Labute approximate surface area is 170 Å². The fraction of sp³-hybridized carbons (Fsp3) is 0.0500. The van der Waals surface area contributed by atoms with Crippen LogP contribution in [-0.4, -0.2) is 16.2 Å². The Bertz CT molecular complexity index is 1070. The van der Waals surface area contributed by atoms with Gasteiger partial charge >= 0.3 is 0 Å². The van der Waals surface area contributed by atoms with Crippen molar-refractivity contribution in [3.8, 4) is 6.07 Å². The van der Waals surface area contributed by atoms with Gasteiger partial charge in [-0.2, -0.15) is 5.26 Å². The van der Waals surface area contributed by atoms with E-state index in [1.54, 1.807) is 36.9 Å². The molecule has 0 bridgehead atoms. The number of aliphatic hydroxyl groups is 1. The fourth-order valence-corrected chi connectivity index (χ4v) is 3.25. The van der Waals surface area contributed by atoms with E-state index in [9.17, 15) is 15.2 Å². The maximum absolute atomic E-state index is 12.4. The number of benzene rings is 2. The third-order valence-electron chi connectivity index (χ3n) is 3.74. The molecule has 0 saturated heterocycles. The Morgan fingerprint density at radius 2 is 1.79 bits per heavy atom. The number of nitrogens with one attached hydrogen (secondary N) is 1. The van der Waals surface area contributed by atoms with Crippen LogP contribution in [0.5, 0.6) is 0 Å². The average molecular weight is 412 g/mol. The molecule has 0 aliphatic rings. The number of nitrogens with zero attached hydrogens (tertiary/aromatic N) is 2. The van der Waals surface area contributed by atoms with Crippen molar-refractivity contribution in [2.24, 2.45) is 0 Å². The zero-order valence-electron chi connectivity index (χ0n) is 14.6. The third kappa shape index (κ3) is 4.55. The first kappa shape index (κ1) is 19.5. The van der Waals surface area contributed by atoms with Gasteiger partial charge in [0.15, 0.2) is 11.3 Å². The maximum atomic E-state index is 12.4. The average Bonchev–Trinajstić information content (AvgIpc) is 3.11. The summed E-state index contributed by atoms with van der Waals surface area (Å²) in [5, 5.41) is 26.3. The van der Waals surface area contributed by atoms with Crippen molar-refractivity contribution in [1.82, 2.24) is 5.16 Å². The smallest absolute Gasteiger partial charge is 0.270 e. The van der Waals surface area contributed by atoms with Gasteiger partial charge in [-0.15, -0.1) is 0 Å². The Hall–Kier alpha value is -3.21. The topological polar surface area (TPSA) is 99.2 Å². The van der Waals surface area contributed by atoms with E-state index in [-0.39, 0.29) is 5.56 Å². The van der Waals surface area contributed by atoms with Crippen LogP contribution < -0.4 is 5.32 Å². The summed E-state index contributed by atoms with van der Waals surface area (Å²) in [7, 11) is 0. The van der Waals surface area contributed by atoms with Crippen molar-refractivity contribution in [2.75, 3.05) is 5.32 Å². The number of aliphatic hydroxyl groups excluding tert-OH is 1. The van der Waals surface area contributed by atoms with E-state index in [0.717, 1.165) is 9.79 Å². The molecule has 8 heteroatoms. The normalized spacial score (nSPS) is 11.5. The maximum Gasteiger partial charge on any atom is 0.270 e. The van der Waals surface area contributed by atoms with Gasteiger partial charge in [0.25, 0.3) is 5.91 Å². The third-order valence-corrected chi connectivity index (χ3v) is 5.01. The first-order valence-corrected chi connectivity index (χ1v) is 9.27. The monoisotopic (exact) mass is 411 g/mol. The molecule has 6 nitrogen and oxygen atoms in total. The molecule has 1 amide bonds. The van der Waals surface area contributed by atoms with Crippen LogP contribution in [0.1, 0.15) is 11.3 Å². The lowest BCUT2D eigenvalue weighted by Gasteiger charge is -2.07. The molecule has 1 heterocycles. The zero-order valence-corrected chi connectivity index (χ0v) is 16.2. The van der Waals surface area contributed by atoms with E-state index in [1.807, 2.05) is 36.4 Å². The Kier molecular flexibility index (Phi) is 6.04. The number of hydrogen-bond donors (Lipinski definition) is 2. The Morgan fingerprint density at radius 3 is 2.32 bits per heavy atom. The number of carbonyl (C=O) groups excluding carboxylic acids is 1. The van der Waals surface area contributed by atoms with Crippen LogP contribution in [0.25, 0.3) is 5.76 Å². The molecule has 0 aliphatic heterocycles. The second kappa shape index (κ2) is 8.65. The molecule has 0 saturated carbocycles. The molecule has 1 aromatic heterocycles. The molecule has 0 unspecified atom stereocenters. The summed E-state index contributed by atoms with van der Waals surface area (Å²) in [5.74, 6) is -0.894. The molecule has 2 N–H and O–H groups in total. The predicted octanol–water partition coefficient (Wildman–Crippen LogP) is 5.22. The standard InChI is InChI=1S/C20H14ClN3O3S/c1-12-18(11-23-27-12)19(25)17(10-22)20(26)24-14-4-8-16(9-5-14)28-15-6-2-13(21)3-7-15/h2-9,11,25H,1H3,(H,24,26). The number of rotatable bonds is 5. The van der Waals surface area contributed by atoms with Gasteiger partial charge in [0, 0.05) is 20.5 Å². The summed E-state index contributed by atoms with van der Waals surface area (Å²) >= 11 is 7.43. The largest absolute Gasteiger partial charge is 0.506 e. The molecule has 0 fully saturated rings. The molecule has 0 spiro atoms. The second-order valence-electron chi connectivity index (χ2n) is 5.67. The van der Waals surface area contributed by atoms with Gasteiger partial charge in [0.2, 0.25) is 0 Å². The van der Waals surface area contributed by atoms with E-state index < -0.39 is 17.2 Å². The van der Waals surface area contributed by atoms with Crippen LogP contribution in [0.2, 0.25) is 5.02 Å². The fourth-order valence-electron chi connectivity index (χ4n) is 2.31. The number of nitriles is 1. The van der Waals surface area contributed by atoms with Gasteiger partial charge in [0.05, 0.1) is 11.8 Å². The van der Waals surface area contributed by atoms with Crippen molar-refractivity contribution >= 4 is 40.7 Å². The molecule has 3 aromatic rings. The van der Waals surface area contributed by atoms with Crippen LogP contribution in [0.15, 0.2) is 74.6 Å². The van der Waals surface area contributed by atoms with Crippen LogP contribution in [-0.2, 0) is 4.79 Å². The van der Waals surface area contributed by atoms with Crippen LogP contribution >= 0.6 is 23.4 Å². The van der Waals surface area contributed by atoms with Crippen molar-refractivity contribution in [3.63, 3.8) is 0 Å². The number of carbonyl (C=O) groups is 1. The minimum atomic E-state index is -0.723. The number of anilines is 1. The van der Waals surface area contributed by atoms with Crippen LogP contribution in [0, 0.1) is 18.3 Å². The summed E-state index contributed by atoms with van der Waals surface area (Å²) < 4.78 is 4.85.